The molecule has 0 saturated carbocycles. The molecule has 0 aromatic heterocycles. The first-order valence-electron chi connectivity index (χ1n) is 10.3. The van der Waals surface area contributed by atoms with E-state index in [4.69, 9.17) is 4.74 Å². The average Bonchev–Trinajstić information content (AvgIpc) is 3.25. The number of amides is 1. The predicted octanol–water partition coefficient (Wildman–Crippen LogP) is 4.07. The average molecular weight is 388 g/mol. The van der Waals surface area contributed by atoms with Gasteiger partial charge in [-0.1, -0.05) is 12.1 Å². The third-order valence-corrected chi connectivity index (χ3v) is 6.59. The number of hydrogen-bond donors (Lipinski definition) is 0. The zero-order chi connectivity index (χ0) is 20.0. The summed E-state index contributed by atoms with van der Waals surface area (Å²) >= 11 is 0. The molecule has 1 fully saturated rings. The minimum absolute atomic E-state index is 0.110. The molecular formula is C24H24N2O3. The number of ether oxygens (including phenoxy) is 1. The van der Waals surface area contributed by atoms with E-state index < -0.39 is 0 Å². The van der Waals surface area contributed by atoms with Crippen LogP contribution in [0, 0.1) is 0 Å². The molecule has 2 aromatic rings. The van der Waals surface area contributed by atoms with Crippen molar-refractivity contribution < 1.29 is 14.3 Å². The summed E-state index contributed by atoms with van der Waals surface area (Å²) in [7, 11) is 1.41. The summed E-state index contributed by atoms with van der Waals surface area (Å²) < 4.78 is 4.86. The van der Waals surface area contributed by atoms with Crippen molar-refractivity contribution in [3.8, 4) is 0 Å². The number of hydrogen-bond acceptors (Lipinski definition) is 4. The minimum atomic E-state index is -0.297. The molecule has 148 valence electrons. The molecule has 2 aromatic carbocycles. The Bertz CT molecular complexity index is 1030. The number of esters is 1. The van der Waals surface area contributed by atoms with E-state index in [9.17, 15) is 9.59 Å². The number of carbonyl (C=O) groups excluding carboxylic acids is 2. The Labute approximate surface area is 170 Å². The standard InChI is InChI=1S/C24H24N2O3/c1-29-24(28)18-6-8-19-16(13-18)7-9-22-20(19)3-2-12-26(22)23(27)17-5-4-15-10-11-25-21(15)14-17/h4-6,8,11,13-14,20,22H,2-3,7,9-10,12H2,1H3/t20?,22-/m0/s1. The molecule has 1 unspecified atom stereocenters. The second-order valence-electron chi connectivity index (χ2n) is 8.12. The largest absolute Gasteiger partial charge is 0.465 e. The Balaban J connectivity index is 1.43. The molecule has 5 rings (SSSR count). The number of nitrogens with zero attached hydrogens (tertiary/aromatic N) is 2. The number of rotatable bonds is 2. The van der Waals surface area contributed by atoms with Crippen LogP contribution in [0.1, 0.15) is 62.6 Å². The van der Waals surface area contributed by atoms with E-state index in [-0.39, 0.29) is 17.9 Å². The topological polar surface area (TPSA) is 59.0 Å². The first kappa shape index (κ1) is 18.1. The molecule has 2 atom stereocenters. The van der Waals surface area contributed by atoms with Gasteiger partial charge in [0.2, 0.25) is 0 Å². The molecule has 5 nitrogen and oxygen atoms in total. The number of fused-ring (bicyclic) bond motifs is 4. The smallest absolute Gasteiger partial charge is 0.337 e. The molecular weight excluding hydrogens is 364 g/mol. The van der Waals surface area contributed by atoms with Crippen LogP contribution in [0.3, 0.4) is 0 Å². The van der Waals surface area contributed by atoms with Gasteiger partial charge in [0.25, 0.3) is 5.91 Å². The van der Waals surface area contributed by atoms with Crippen molar-refractivity contribution in [3.05, 3.63) is 64.2 Å². The van der Waals surface area contributed by atoms with Gasteiger partial charge in [0.1, 0.15) is 0 Å². The predicted molar refractivity (Wildman–Crippen MR) is 111 cm³/mol. The summed E-state index contributed by atoms with van der Waals surface area (Å²) in [5.41, 5.74) is 5.95. The molecule has 0 spiro atoms. The molecule has 2 aliphatic heterocycles. The van der Waals surface area contributed by atoms with E-state index in [1.165, 1.54) is 23.8 Å². The quantitative estimate of drug-likeness (QED) is 0.729. The van der Waals surface area contributed by atoms with Crippen molar-refractivity contribution in [2.45, 2.75) is 44.1 Å². The van der Waals surface area contributed by atoms with Crippen LogP contribution in [0.2, 0.25) is 0 Å². The lowest BCUT2D eigenvalue weighted by atomic mass is 9.74. The fourth-order valence-electron chi connectivity index (χ4n) is 5.16. The van der Waals surface area contributed by atoms with Crippen LogP contribution in [-0.4, -0.2) is 42.7 Å². The monoisotopic (exact) mass is 388 g/mol. The van der Waals surface area contributed by atoms with E-state index in [1.54, 1.807) is 0 Å². The Kier molecular flexibility index (Phi) is 4.46. The summed E-state index contributed by atoms with van der Waals surface area (Å²) in [5, 5.41) is 0. The van der Waals surface area contributed by atoms with E-state index >= 15 is 0 Å². The first-order valence-corrected chi connectivity index (χ1v) is 10.3. The molecule has 0 N–H and O–H groups in total. The number of methoxy groups -OCH3 is 1. The van der Waals surface area contributed by atoms with Crippen LogP contribution in [0.25, 0.3) is 0 Å². The van der Waals surface area contributed by atoms with E-state index in [0.717, 1.165) is 49.9 Å². The highest BCUT2D eigenvalue weighted by Gasteiger charge is 2.39. The summed E-state index contributed by atoms with van der Waals surface area (Å²) in [5.74, 6) is 0.143. The highest BCUT2D eigenvalue weighted by molar-refractivity contribution is 5.96. The summed E-state index contributed by atoms with van der Waals surface area (Å²) in [6.45, 7) is 0.802. The van der Waals surface area contributed by atoms with Gasteiger partial charge in [0, 0.05) is 36.7 Å². The van der Waals surface area contributed by atoms with E-state index in [1.807, 2.05) is 36.5 Å². The summed E-state index contributed by atoms with van der Waals surface area (Å²) in [4.78, 5) is 31.7. The van der Waals surface area contributed by atoms with Gasteiger partial charge in [-0.05, 0) is 66.6 Å². The van der Waals surface area contributed by atoms with Gasteiger partial charge in [0.05, 0.1) is 18.4 Å². The van der Waals surface area contributed by atoms with Crippen molar-refractivity contribution in [2.75, 3.05) is 13.7 Å². The normalized spacial score (nSPS) is 21.9. The van der Waals surface area contributed by atoms with Gasteiger partial charge in [-0.3, -0.25) is 9.79 Å². The zero-order valence-electron chi connectivity index (χ0n) is 16.6. The zero-order valence-corrected chi connectivity index (χ0v) is 16.6. The molecule has 1 saturated heterocycles. The first-order chi connectivity index (χ1) is 14.2. The Morgan fingerprint density at radius 2 is 1.93 bits per heavy atom. The second-order valence-corrected chi connectivity index (χ2v) is 8.12. The van der Waals surface area contributed by atoms with E-state index in [0.29, 0.717) is 11.5 Å². The van der Waals surface area contributed by atoms with Gasteiger partial charge >= 0.3 is 5.97 Å². The lowest BCUT2D eigenvalue weighted by Gasteiger charge is -2.45. The summed E-state index contributed by atoms with van der Waals surface area (Å²) in [6, 6.07) is 12.0. The van der Waals surface area contributed by atoms with Crippen molar-refractivity contribution >= 4 is 23.8 Å². The minimum Gasteiger partial charge on any atom is -0.465 e. The van der Waals surface area contributed by atoms with Crippen molar-refractivity contribution in [1.29, 1.82) is 0 Å². The lowest BCUT2D eigenvalue weighted by molar-refractivity contribution is 0.0547. The second kappa shape index (κ2) is 7.14. The molecule has 5 heteroatoms. The van der Waals surface area contributed by atoms with Crippen molar-refractivity contribution in [1.82, 2.24) is 4.90 Å². The lowest BCUT2D eigenvalue weighted by Crippen LogP contribution is -2.49. The van der Waals surface area contributed by atoms with Crippen molar-refractivity contribution in [3.63, 3.8) is 0 Å². The third-order valence-electron chi connectivity index (χ3n) is 6.59. The number of benzene rings is 2. The molecule has 2 heterocycles. The summed E-state index contributed by atoms with van der Waals surface area (Å²) in [6.07, 6.45) is 6.62. The van der Waals surface area contributed by atoms with Gasteiger partial charge < -0.3 is 9.64 Å². The maximum Gasteiger partial charge on any atom is 0.337 e. The highest BCUT2D eigenvalue weighted by atomic mass is 16.5. The number of piperidine rings is 1. The molecule has 1 aliphatic carbocycles. The third kappa shape index (κ3) is 3.05. The van der Waals surface area contributed by atoms with Crippen molar-refractivity contribution in [2.24, 2.45) is 4.99 Å². The van der Waals surface area contributed by atoms with Crippen LogP contribution in [-0.2, 0) is 17.6 Å². The molecule has 0 bridgehead atoms. The maximum absolute atomic E-state index is 13.4. The highest BCUT2D eigenvalue weighted by Crippen LogP contribution is 2.41. The Morgan fingerprint density at radius 3 is 2.79 bits per heavy atom. The number of carbonyl (C=O) groups is 2. The van der Waals surface area contributed by atoms with Gasteiger partial charge in [-0.25, -0.2) is 4.79 Å². The Morgan fingerprint density at radius 1 is 1.07 bits per heavy atom. The van der Waals surface area contributed by atoms with Crippen LogP contribution < -0.4 is 0 Å². The van der Waals surface area contributed by atoms with Crippen LogP contribution in [0.15, 0.2) is 41.4 Å². The SMILES string of the molecule is COC(=O)c1ccc2c(c1)CC[C@H]1C2CCCN1C(=O)c1ccc2c(c1)N=CC2. The fraction of sp³-hybridized carbons (Fsp3) is 0.375. The van der Waals surface area contributed by atoms with Crippen LogP contribution in [0.4, 0.5) is 5.69 Å². The number of aryl methyl sites for hydroxylation is 1. The maximum atomic E-state index is 13.4. The number of likely N-dealkylation sites (tertiary alicyclic amines) is 1. The van der Waals surface area contributed by atoms with Gasteiger partial charge in [0.15, 0.2) is 0 Å². The van der Waals surface area contributed by atoms with Gasteiger partial charge in [-0.15, -0.1) is 0 Å². The Hall–Kier alpha value is -2.95. The fourth-order valence-corrected chi connectivity index (χ4v) is 5.16. The molecule has 0 radical (unpaired) electrons. The molecule has 1 amide bonds. The molecule has 29 heavy (non-hydrogen) atoms. The van der Waals surface area contributed by atoms with Crippen LogP contribution in [0.5, 0.6) is 0 Å². The van der Waals surface area contributed by atoms with Gasteiger partial charge in [-0.2, -0.15) is 0 Å². The number of aliphatic imine (C=N–C) groups is 1. The van der Waals surface area contributed by atoms with E-state index in [2.05, 4.69) is 16.0 Å². The van der Waals surface area contributed by atoms with Crippen LogP contribution >= 0.6 is 0 Å². The molecule has 3 aliphatic rings.